The summed E-state index contributed by atoms with van der Waals surface area (Å²) < 4.78 is 0. The molecular weight excluding hydrogens is 200 g/mol. The van der Waals surface area contributed by atoms with Gasteiger partial charge in [0.25, 0.3) is 0 Å². The third-order valence-corrected chi connectivity index (χ3v) is 3.08. The van der Waals surface area contributed by atoms with Crippen LogP contribution >= 0.6 is 0 Å². The Labute approximate surface area is 95.6 Å². The highest BCUT2D eigenvalue weighted by molar-refractivity contribution is 6.08. The fraction of sp³-hybridized carbons (Fsp3) is 0.308. The van der Waals surface area contributed by atoms with Crippen LogP contribution in [0.15, 0.2) is 30.9 Å². The van der Waals surface area contributed by atoms with Crippen LogP contribution in [0.3, 0.4) is 0 Å². The monoisotopic (exact) mass is 216 g/mol. The number of rotatable bonds is 2. The standard InChI is InChI=1S/C13H16N2O/c1-4-7-15-11-6-5-9(14)8-10(11)13(2,3)12(15)16/h4-6,8H,1,7,14H2,2-3H3. The zero-order valence-electron chi connectivity index (χ0n) is 9.66. The summed E-state index contributed by atoms with van der Waals surface area (Å²) in [7, 11) is 0. The number of amides is 1. The number of hydrogen-bond donors (Lipinski definition) is 1. The second kappa shape index (κ2) is 3.37. The van der Waals surface area contributed by atoms with E-state index in [1.807, 2.05) is 32.0 Å². The highest BCUT2D eigenvalue weighted by atomic mass is 16.2. The number of carbonyl (C=O) groups excluding carboxylic acids is 1. The minimum atomic E-state index is -0.492. The highest BCUT2D eigenvalue weighted by Gasteiger charge is 2.43. The quantitative estimate of drug-likeness (QED) is 0.607. The van der Waals surface area contributed by atoms with Crippen LogP contribution < -0.4 is 10.6 Å². The van der Waals surface area contributed by atoms with Crippen LogP contribution in [0.1, 0.15) is 19.4 Å². The Balaban J connectivity index is 2.60. The lowest BCUT2D eigenvalue weighted by atomic mass is 9.86. The van der Waals surface area contributed by atoms with Gasteiger partial charge in [0, 0.05) is 17.9 Å². The van der Waals surface area contributed by atoms with E-state index in [1.165, 1.54) is 0 Å². The summed E-state index contributed by atoms with van der Waals surface area (Å²) >= 11 is 0. The van der Waals surface area contributed by atoms with Crippen molar-refractivity contribution in [3.05, 3.63) is 36.4 Å². The minimum Gasteiger partial charge on any atom is -0.399 e. The minimum absolute atomic E-state index is 0.105. The molecule has 3 nitrogen and oxygen atoms in total. The Bertz CT molecular complexity index is 463. The molecule has 0 atom stereocenters. The summed E-state index contributed by atoms with van der Waals surface area (Å²) in [6, 6.07) is 5.61. The third kappa shape index (κ3) is 1.32. The van der Waals surface area contributed by atoms with Crippen molar-refractivity contribution < 1.29 is 4.79 Å². The van der Waals surface area contributed by atoms with Crippen molar-refractivity contribution in [2.24, 2.45) is 0 Å². The Morgan fingerprint density at radius 1 is 1.50 bits per heavy atom. The first kappa shape index (κ1) is 10.7. The number of carbonyl (C=O) groups is 1. The molecule has 1 aromatic rings. The van der Waals surface area contributed by atoms with Crippen LogP contribution in [0, 0.1) is 0 Å². The molecule has 1 aliphatic rings. The molecule has 0 radical (unpaired) electrons. The first-order valence-electron chi connectivity index (χ1n) is 5.31. The van der Waals surface area contributed by atoms with Gasteiger partial charge in [-0.05, 0) is 37.6 Å². The lowest BCUT2D eigenvalue weighted by Crippen LogP contribution is -2.36. The Kier molecular flexibility index (Phi) is 2.26. The molecule has 0 saturated heterocycles. The smallest absolute Gasteiger partial charge is 0.237 e. The number of nitrogen functional groups attached to an aromatic ring is 1. The van der Waals surface area contributed by atoms with Gasteiger partial charge in [-0.15, -0.1) is 6.58 Å². The van der Waals surface area contributed by atoms with Crippen molar-refractivity contribution in [3.8, 4) is 0 Å². The maximum atomic E-state index is 12.2. The largest absolute Gasteiger partial charge is 0.399 e. The van der Waals surface area contributed by atoms with Gasteiger partial charge in [-0.3, -0.25) is 4.79 Å². The van der Waals surface area contributed by atoms with Crippen molar-refractivity contribution >= 4 is 17.3 Å². The topological polar surface area (TPSA) is 46.3 Å². The molecule has 0 bridgehead atoms. The number of nitrogens with zero attached hydrogens (tertiary/aromatic N) is 1. The van der Waals surface area contributed by atoms with Gasteiger partial charge in [0.05, 0.1) is 5.41 Å². The van der Waals surface area contributed by atoms with Gasteiger partial charge in [-0.25, -0.2) is 0 Å². The van der Waals surface area contributed by atoms with Gasteiger partial charge in [0.15, 0.2) is 0 Å². The molecule has 0 aromatic heterocycles. The van der Waals surface area contributed by atoms with E-state index in [2.05, 4.69) is 6.58 Å². The van der Waals surface area contributed by atoms with Crippen LogP contribution in [0.4, 0.5) is 11.4 Å². The highest BCUT2D eigenvalue weighted by Crippen LogP contribution is 2.42. The Hall–Kier alpha value is -1.77. The zero-order valence-corrected chi connectivity index (χ0v) is 9.66. The van der Waals surface area contributed by atoms with Crippen molar-refractivity contribution in [2.45, 2.75) is 19.3 Å². The Morgan fingerprint density at radius 2 is 2.19 bits per heavy atom. The van der Waals surface area contributed by atoms with Crippen LogP contribution in [-0.4, -0.2) is 12.5 Å². The van der Waals surface area contributed by atoms with Crippen molar-refractivity contribution in [1.29, 1.82) is 0 Å². The van der Waals surface area contributed by atoms with Crippen molar-refractivity contribution in [1.82, 2.24) is 0 Å². The number of anilines is 2. The molecule has 2 N–H and O–H groups in total. The predicted molar refractivity (Wildman–Crippen MR) is 66.4 cm³/mol. The van der Waals surface area contributed by atoms with Crippen LogP contribution in [0.25, 0.3) is 0 Å². The molecule has 0 aliphatic carbocycles. The van der Waals surface area contributed by atoms with E-state index in [-0.39, 0.29) is 5.91 Å². The number of hydrogen-bond acceptors (Lipinski definition) is 2. The summed E-state index contributed by atoms with van der Waals surface area (Å²) in [6.45, 7) is 8.07. The summed E-state index contributed by atoms with van der Waals surface area (Å²) in [6.07, 6.45) is 1.74. The molecule has 16 heavy (non-hydrogen) atoms. The van der Waals surface area contributed by atoms with Crippen molar-refractivity contribution in [3.63, 3.8) is 0 Å². The second-order valence-electron chi connectivity index (χ2n) is 4.61. The fourth-order valence-electron chi connectivity index (χ4n) is 2.16. The Morgan fingerprint density at radius 3 is 2.81 bits per heavy atom. The predicted octanol–water partition coefficient (Wildman–Crippen LogP) is 2.08. The normalized spacial score (nSPS) is 17.4. The van der Waals surface area contributed by atoms with Gasteiger partial charge in [-0.2, -0.15) is 0 Å². The molecule has 1 aromatic carbocycles. The molecule has 84 valence electrons. The van der Waals surface area contributed by atoms with Gasteiger partial charge in [0.1, 0.15) is 0 Å². The lowest BCUT2D eigenvalue weighted by Gasteiger charge is -2.18. The van der Waals surface area contributed by atoms with E-state index in [1.54, 1.807) is 11.0 Å². The average Bonchev–Trinajstić information content (AvgIpc) is 2.41. The molecule has 1 amide bonds. The number of benzene rings is 1. The van der Waals surface area contributed by atoms with E-state index < -0.39 is 5.41 Å². The van der Waals surface area contributed by atoms with Gasteiger partial charge in [0.2, 0.25) is 5.91 Å². The molecule has 1 aliphatic heterocycles. The SMILES string of the molecule is C=CCN1C(=O)C(C)(C)c2cc(N)ccc21. The summed E-state index contributed by atoms with van der Waals surface area (Å²) in [5.74, 6) is 0.105. The van der Waals surface area contributed by atoms with Crippen LogP contribution in [-0.2, 0) is 10.2 Å². The summed E-state index contributed by atoms with van der Waals surface area (Å²) in [5.41, 5.74) is 7.92. The number of fused-ring (bicyclic) bond motifs is 1. The lowest BCUT2D eigenvalue weighted by molar-refractivity contribution is -0.121. The van der Waals surface area contributed by atoms with Crippen LogP contribution in [0.2, 0.25) is 0 Å². The van der Waals surface area contributed by atoms with E-state index in [9.17, 15) is 4.79 Å². The summed E-state index contributed by atoms with van der Waals surface area (Å²) in [5, 5.41) is 0. The van der Waals surface area contributed by atoms with E-state index in [0.717, 1.165) is 11.3 Å². The van der Waals surface area contributed by atoms with E-state index in [0.29, 0.717) is 12.2 Å². The fourth-order valence-corrected chi connectivity index (χ4v) is 2.16. The third-order valence-electron chi connectivity index (χ3n) is 3.08. The van der Waals surface area contributed by atoms with Crippen LogP contribution in [0.5, 0.6) is 0 Å². The van der Waals surface area contributed by atoms with Gasteiger partial charge < -0.3 is 10.6 Å². The molecule has 0 spiro atoms. The van der Waals surface area contributed by atoms with E-state index >= 15 is 0 Å². The first-order chi connectivity index (χ1) is 7.48. The average molecular weight is 216 g/mol. The molecule has 0 fully saturated rings. The van der Waals surface area contributed by atoms with Gasteiger partial charge in [-0.1, -0.05) is 6.08 Å². The first-order valence-corrected chi connectivity index (χ1v) is 5.31. The molecule has 1 heterocycles. The second-order valence-corrected chi connectivity index (χ2v) is 4.61. The van der Waals surface area contributed by atoms with Crippen molar-refractivity contribution in [2.75, 3.05) is 17.2 Å². The maximum Gasteiger partial charge on any atom is 0.237 e. The molecular formula is C13H16N2O. The van der Waals surface area contributed by atoms with Gasteiger partial charge >= 0.3 is 0 Å². The molecule has 0 unspecified atom stereocenters. The zero-order chi connectivity index (χ0) is 11.9. The molecule has 3 heteroatoms. The summed E-state index contributed by atoms with van der Waals surface area (Å²) in [4.78, 5) is 14.0. The molecule has 0 saturated carbocycles. The molecule has 2 rings (SSSR count). The number of nitrogens with two attached hydrogens (primary N) is 1. The maximum absolute atomic E-state index is 12.2. The van der Waals surface area contributed by atoms with E-state index in [4.69, 9.17) is 5.73 Å².